The van der Waals surface area contributed by atoms with Gasteiger partial charge in [-0.2, -0.15) is 0 Å². The van der Waals surface area contributed by atoms with Crippen LogP contribution in [0, 0.1) is 5.92 Å². The lowest BCUT2D eigenvalue weighted by Gasteiger charge is -2.22. The third-order valence-corrected chi connectivity index (χ3v) is 5.28. The molecule has 6 heteroatoms. The van der Waals surface area contributed by atoms with Crippen molar-refractivity contribution in [2.75, 3.05) is 26.4 Å². The van der Waals surface area contributed by atoms with Crippen LogP contribution in [-0.4, -0.2) is 35.9 Å². The Labute approximate surface area is 154 Å². The lowest BCUT2D eigenvalue weighted by molar-refractivity contribution is 0.0806. The topological polar surface area (TPSA) is 57.5 Å². The van der Waals surface area contributed by atoms with Crippen molar-refractivity contribution >= 4 is 0 Å². The molecule has 0 spiro atoms. The highest BCUT2D eigenvalue weighted by atomic mass is 16.5. The quantitative estimate of drug-likeness (QED) is 0.891. The fraction of sp³-hybridized carbons (Fsp3) is 0.550. The summed E-state index contributed by atoms with van der Waals surface area (Å²) in [5.41, 5.74) is 1.21. The number of rotatable bonds is 5. The summed E-state index contributed by atoms with van der Waals surface area (Å²) in [6.45, 7) is 5.31. The molecule has 2 aliphatic rings. The van der Waals surface area contributed by atoms with E-state index in [0.29, 0.717) is 12.5 Å². The highest BCUT2D eigenvalue weighted by molar-refractivity contribution is 5.44. The normalized spacial score (nSPS) is 23.6. The number of hydrogen-bond donors (Lipinski definition) is 1. The second-order valence-corrected chi connectivity index (χ2v) is 7.12. The number of aryl methyl sites for hydroxylation is 1. The van der Waals surface area contributed by atoms with Crippen molar-refractivity contribution in [3.8, 4) is 11.5 Å². The molecule has 0 amide bonds. The average Bonchev–Trinajstić information content (AvgIpc) is 3.21. The summed E-state index contributed by atoms with van der Waals surface area (Å²) in [4.78, 5) is 4.47. The van der Waals surface area contributed by atoms with Crippen molar-refractivity contribution < 1.29 is 14.2 Å². The lowest BCUT2D eigenvalue weighted by Crippen LogP contribution is -2.28. The highest BCUT2D eigenvalue weighted by Crippen LogP contribution is 2.35. The van der Waals surface area contributed by atoms with Gasteiger partial charge >= 0.3 is 0 Å². The van der Waals surface area contributed by atoms with Gasteiger partial charge in [0.05, 0.1) is 13.2 Å². The van der Waals surface area contributed by atoms with Crippen LogP contribution in [0.1, 0.15) is 43.3 Å². The molecule has 3 heterocycles. The second-order valence-electron chi connectivity index (χ2n) is 7.12. The minimum atomic E-state index is 0.0680. The lowest BCUT2D eigenvalue weighted by atomic mass is 9.99. The molecule has 1 aromatic heterocycles. The number of nitrogens with one attached hydrogen (secondary N) is 1. The number of imidazole rings is 1. The van der Waals surface area contributed by atoms with E-state index in [2.05, 4.69) is 33.9 Å². The second kappa shape index (κ2) is 7.68. The summed E-state index contributed by atoms with van der Waals surface area (Å²) in [6.07, 6.45) is 5.86. The Balaban J connectivity index is 1.40. The van der Waals surface area contributed by atoms with E-state index in [-0.39, 0.29) is 12.1 Å². The molecule has 4 rings (SSSR count). The van der Waals surface area contributed by atoms with E-state index in [9.17, 15) is 0 Å². The standard InChI is InChI=1S/C20H27N3O3/c1-14(15-4-5-17-18(12-15)25-10-3-9-24-17)22-13-16-6-11-26-19(16)20-21-7-8-23(20)2/h4-5,7-8,12,14,16,19,22H,3,6,9-11,13H2,1-2H3/t14?,16-,19+/m0/s1. The smallest absolute Gasteiger partial charge is 0.161 e. The van der Waals surface area contributed by atoms with Gasteiger partial charge in [0.2, 0.25) is 0 Å². The van der Waals surface area contributed by atoms with Crippen molar-refractivity contribution in [1.82, 2.24) is 14.9 Å². The Morgan fingerprint density at radius 3 is 2.88 bits per heavy atom. The zero-order valence-corrected chi connectivity index (χ0v) is 15.5. The van der Waals surface area contributed by atoms with E-state index in [1.54, 1.807) is 0 Å². The van der Waals surface area contributed by atoms with Crippen molar-refractivity contribution in [1.29, 1.82) is 0 Å². The number of benzene rings is 1. The Hall–Kier alpha value is -2.05. The van der Waals surface area contributed by atoms with Crippen molar-refractivity contribution in [2.45, 2.75) is 31.9 Å². The van der Waals surface area contributed by atoms with Crippen LogP contribution in [0.3, 0.4) is 0 Å². The molecule has 1 N–H and O–H groups in total. The zero-order chi connectivity index (χ0) is 17.9. The first kappa shape index (κ1) is 17.4. The summed E-state index contributed by atoms with van der Waals surface area (Å²) < 4.78 is 19.5. The first-order valence-electron chi connectivity index (χ1n) is 9.44. The van der Waals surface area contributed by atoms with Crippen molar-refractivity contribution in [2.24, 2.45) is 13.0 Å². The Kier molecular flexibility index (Phi) is 5.13. The predicted octanol–water partition coefficient (Wildman–Crippen LogP) is 3.01. The van der Waals surface area contributed by atoms with Gasteiger partial charge in [-0.05, 0) is 31.0 Å². The fourth-order valence-electron chi connectivity index (χ4n) is 3.67. The van der Waals surface area contributed by atoms with Gasteiger partial charge in [-0.3, -0.25) is 0 Å². The first-order chi connectivity index (χ1) is 12.7. The van der Waals surface area contributed by atoms with Crippen LogP contribution < -0.4 is 14.8 Å². The van der Waals surface area contributed by atoms with Crippen LogP contribution in [-0.2, 0) is 11.8 Å². The molecule has 1 fully saturated rings. The molecular formula is C20H27N3O3. The molecule has 1 aromatic carbocycles. The van der Waals surface area contributed by atoms with E-state index >= 15 is 0 Å². The summed E-state index contributed by atoms with van der Waals surface area (Å²) in [6, 6.07) is 6.46. The van der Waals surface area contributed by atoms with Crippen molar-refractivity contribution in [3.05, 3.63) is 42.0 Å². The van der Waals surface area contributed by atoms with Crippen LogP contribution in [0.5, 0.6) is 11.5 Å². The summed E-state index contributed by atoms with van der Waals surface area (Å²) in [5, 5.41) is 3.66. The number of nitrogens with zero attached hydrogens (tertiary/aromatic N) is 2. The minimum Gasteiger partial charge on any atom is -0.490 e. The molecule has 3 atom stereocenters. The summed E-state index contributed by atoms with van der Waals surface area (Å²) in [7, 11) is 2.02. The zero-order valence-electron chi connectivity index (χ0n) is 15.5. The van der Waals surface area contributed by atoms with Gasteiger partial charge in [0.25, 0.3) is 0 Å². The largest absolute Gasteiger partial charge is 0.490 e. The van der Waals surface area contributed by atoms with Gasteiger partial charge in [-0.15, -0.1) is 0 Å². The predicted molar refractivity (Wildman–Crippen MR) is 98.5 cm³/mol. The monoisotopic (exact) mass is 357 g/mol. The molecule has 140 valence electrons. The number of aromatic nitrogens is 2. The number of ether oxygens (including phenoxy) is 3. The molecule has 0 aliphatic carbocycles. The van der Waals surface area contributed by atoms with Gasteiger partial charge in [0.15, 0.2) is 11.5 Å². The third kappa shape index (κ3) is 3.57. The number of hydrogen-bond acceptors (Lipinski definition) is 5. The van der Waals surface area contributed by atoms with Crippen LogP contribution in [0.4, 0.5) is 0 Å². The van der Waals surface area contributed by atoms with E-state index in [1.807, 2.05) is 25.5 Å². The highest BCUT2D eigenvalue weighted by Gasteiger charge is 2.32. The van der Waals surface area contributed by atoms with Crippen LogP contribution in [0.15, 0.2) is 30.6 Å². The fourth-order valence-corrected chi connectivity index (χ4v) is 3.67. The van der Waals surface area contributed by atoms with E-state index in [0.717, 1.165) is 49.9 Å². The first-order valence-corrected chi connectivity index (χ1v) is 9.44. The molecule has 2 aromatic rings. The van der Waals surface area contributed by atoms with Gasteiger partial charge in [0, 0.05) is 51.0 Å². The summed E-state index contributed by atoms with van der Waals surface area (Å²) in [5.74, 6) is 3.14. The minimum absolute atomic E-state index is 0.0680. The van der Waals surface area contributed by atoms with Crippen LogP contribution >= 0.6 is 0 Å². The summed E-state index contributed by atoms with van der Waals surface area (Å²) >= 11 is 0. The van der Waals surface area contributed by atoms with E-state index in [4.69, 9.17) is 14.2 Å². The molecule has 2 aliphatic heterocycles. The Bertz CT molecular complexity index is 746. The molecular weight excluding hydrogens is 330 g/mol. The maximum absolute atomic E-state index is 5.96. The molecule has 0 radical (unpaired) electrons. The number of fused-ring (bicyclic) bond motifs is 1. The van der Waals surface area contributed by atoms with Gasteiger partial charge in [-0.25, -0.2) is 4.98 Å². The Morgan fingerprint density at radius 2 is 2.08 bits per heavy atom. The van der Waals surface area contributed by atoms with Crippen LogP contribution in [0.25, 0.3) is 0 Å². The molecule has 26 heavy (non-hydrogen) atoms. The van der Waals surface area contributed by atoms with E-state index in [1.165, 1.54) is 5.56 Å². The van der Waals surface area contributed by atoms with Crippen LogP contribution in [0.2, 0.25) is 0 Å². The van der Waals surface area contributed by atoms with Gasteiger partial charge in [-0.1, -0.05) is 6.07 Å². The molecule has 1 saturated heterocycles. The molecule has 0 bridgehead atoms. The maximum Gasteiger partial charge on any atom is 0.161 e. The molecule has 1 unspecified atom stereocenters. The average molecular weight is 357 g/mol. The van der Waals surface area contributed by atoms with Gasteiger partial charge < -0.3 is 24.1 Å². The van der Waals surface area contributed by atoms with E-state index < -0.39 is 0 Å². The molecule has 6 nitrogen and oxygen atoms in total. The maximum atomic E-state index is 5.96. The SMILES string of the molecule is CC(NC[C@@H]1CCO[C@H]1c1nccn1C)c1ccc2c(c1)OCCCO2. The molecule has 0 saturated carbocycles. The van der Waals surface area contributed by atoms with Gasteiger partial charge in [0.1, 0.15) is 11.9 Å². The van der Waals surface area contributed by atoms with Crippen molar-refractivity contribution in [3.63, 3.8) is 0 Å². The third-order valence-electron chi connectivity index (χ3n) is 5.28. The Morgan fingerprint density at radius 1 is 1.23 bits per heavy atom.